The highest BCUT2D eigenvalue weighted by Crippen LogP contribution is 2.23. The molecule has 0 radical (unpaired) electrons. The fourth-order valence-corrected chi connectivity index (χ4v) is 4.54. The number of guanidine groups is 1. The van der Waals surface area contributed by atoms with Gasteiger partial charge < -0.3 is 15.5 Å². The van der Waals surface area contributed by atoms with Crippen molar-refractivity contribution in [2.75, 3.05) is 39.2 Å². The van der Waals surface area contributed by atoms with E-state index in [1.165, 1.54) is 18.2 Å². The van der Waals surface area contributed by atoms with Crippen LogP contribution in [0.3, 0.4) is 0 Å². The SMILES string of the molecule is CN=C(NCC(c1c(F)cccc1F)N(C)C)NC1CCS(=O)(=O)C1.I. The Morgan fingerprint density at radius 2 is 1.96 bits per heavy atom. The molecule has 0 spiro atoms. The van der Waals surface area contributed by atoms with E-state index in [1.807, 2.05) is 0 Å². The number of hydrogen-bond acceptors (Lipinski definition) is 4. The number of likely N-dealkylation sites (N-methyl/N-ethyl adjacent to an activating group) is 1. The van der Waals surface area contributed by atoms with Crippen molar-refractivity contribution in [3.05, 3.63) is 35.4 Å². The second-order valence-electron chi connectivity index (χ2n) is 6.31. The first-order valence-electron chi connectivity index (χ1n) is 8.01. The molecule has 26 heavy (non-hydrogen) atoms. The number of halogens is 3. The van der Waals surface area contributed by atoms with Crippen LogP contribution >= 0.6 is 24.0 Å². The van der Waals surface area contributed by atoms with Gasteiger partial charge in [-0.1, -0.05) is 6.07 Å². The standard InChI is InChI=1S/C16H24F2N4O2S.HI/c1-19-16(21-11-7-8-25(23,24)10-11)20-9-14(22(2)3)15-12(17)5-4-6-13(15)18;/h4-6,11,14H,7-10H2,1-3H3,(H2,19,20,21);1H. The first kappa shape index (κ1) is 23.0. The number of nitrogens with zero attached hydrogens (tertiary/aromatic N) is 2. The molecule has 2 N–H and O–H groups in total. The third-order valence-electron chi connectivity index (χ3n) is 4.22. The normalized spacial score (nSPS) is 20.5. The highest BCUT2D eigenvalue weighted by molar-refractivity contribution is 14.0. The molecule has 1 aliphatic heterocycles. The van der Waals surface area contributed by atoms with Crippen LogP contribution in [0.15, 0.2) is 23.2 Å². The Hall–Kier alpha value is -1.01. The molecular weight excluding hydrogens is 477 g/mol. The van der Waals surface area contributed by atoms with E-state index in [0.717, 1.165) is 0 Å². The summed E-state index contributed by atoms with van der Waals surface area (Å²) in [6, 6.07) is 3.03. The van der Waals surface area contributed by atoms with Crippen molar-refractivity contribution in [1.82, 2.24) is 15.5 Å². The summed E-state index contributed by atoms with van der Waals surface area (Å²) in [7, 11) is 2.03. The Bertz CT molecular complexity index is 724. The van der Waals surface area contributed by atoms with Crippen LogP contribution in [0.2, 0.25) is 0 Å². The maximum absolute atomic E-state index is 14.1. The van der Waals surface area contributed by atoms with Crippen LogP contribution in [0.1, 0.15) is 18.0 Å². The van der Waals surface area contributed by atoms with E-state index in [4.69, 9.17) is 0 Å². The van der Waals surface area contributed by atoms with Gasteiger partial charge in [-0.25, -0.2) is 17.2 Å². The van der Waals surface area contributed by atoms with E-state index in [-0.39, 0.29) is 53.6 Å². The number of hydrogen-bond donors (Lipinski definition) is 2. The van der Waals surface area contributed by atoms with Gasteiger partial charge in [-0.15, -0.1) is 24.0 Å². The van der Waals surface area contributed by atoms with E-state index >= 15 is 0 Å². The van der Waals surface area contributed by atoms with Gasteiger partial charge >= 0.3 is 0 Å². The molecule has 1 heterocycles. The average Bonchev–Trinajstić information content (AvgIpc) is 2.87. The van der Waals surface area contributed by atoms with Gasteiger partial charge in [0, 0.05) is 25.2 Å². The molecule has 0 bridgehead atoms. The minimum atomic E-state index is -3.00. The molecule has 1 saturated heterocycles. The minimum Gasteiger partial charge on any atom is -0.354 e. The lowest BCUT2D eigenvalue weighted by Crippen LogP contribution is -2.46. The van der Waals surface area contributed by atoms with Gasteiger partial charge in [0.2, 0.25) is 0 Å². The molecule has 0 aromatic heterocycles. The third-order valence-corrected chi connectivity index (χ3v) is 5.98. The van der Waals surface area contributed by atoms with E-state index in [2.05, 4.69) is 15.6 Å². The van der Waals surface area contributed by atoms with Crippen molar-refractivity contribution in [2.24, 2.45) is 4.99 Å². The number of nitrogens with one attached hydrogen (secondary N) is 2. The third kappa shape index (κ3) is 6.02. The smallest absolute Gasteiger partial charge is 0.191 e. The molecule has 1 fully saturated rings. The van der Waals surface area contributed by atoms with E-state index in [9.17, 15) is 17.2 Å². The van der Waals surface area contributed by atoms with Crippen LogP contribution in [-0.2, 0) is 9.84 Å². The van der Waals surface area contributed by atoms with Crippen LogP contribution in [-0.4, -0.2) is 64.5 Å². The Kier molecular flexibility index (Phi) is 8.67. The zero-order chi connectivity index (χ0) is 18.6. The molecule has 0 amide bonds. The molecule has 0 saturated carbocycles. The van der Waals surface area contributed by atoms with Crippen LogP contribution in [0.5, 0.6) is 0 Å². The molecule has 1 aromatic carbocycles. The molecular formula is C16H25F2IN4O2S. The quantitative estimate of drug-likeness (QED) is 0.363. The largest absolute Gasteiger partial charge is 0.354 e. The zero-order valence-corrected chi connectivity index (χ0v) is 18.1. The molecule has 2 unspecified atom stereocenters. The molecule has 6 nitrogen and oxygen atoms in total. The number of benzene rings is 1. The molecule has 2 rings (SSSR count). The summed E-state index contributed by atoms with van der Waals surface area (Å²) in [4.78, 5) is 5.77. The van der Waals surface area contributed by atoms with Crippen molar-refractivity contribution < 1.29 is 17.2 Å². The molecule has 148 valence electrons. The summed E-state index contributed by atoms with van der Waals surface area (Å²) in [5.74, 6) is -0.587. The fourth-order valence-electron chi connectivity index (χ4n) is 2.86. The number of aliphatic imine (C=N–C) groups is 1. The van der Waals surface area contributed by atoms with Gasteiger partial charge in [0.1, 0.15) is 11.6 Å². The maximum Gasteiger partial charge on any atom is 0.191 e. The first-order valence-corrected chi connectivity index (χ1v) is 9.83. The fraction of sp³-hybridized carbons (Fsp3) is 0.562. The van der Waals surface area contributed by atoms with Crippen molar-refractivity contribution in [3.8, 4) is 0 Å². The average molecular weight is 502 g/mol. The van der Waals surface area contributed by atoms with E-state index in [0.29, 0.717) is 12.4 Å². The van der Waals surface area contributed by atoms with E-state index < -0.39 is 27.5 Å². The van der Waals surface area contributed by atoms with Crippen molar-refractivity contribution >= 4 is 39.8 Å². The van der Waals surface area contributed by atoms with Gasteiger partial charge in [0.15, 0.2) is 15.8 Å². The first-order chi connectivity index (χ1) is 11.7. The lowest BCUT2D eigenvalue weighted by molar-refractivity contribution is 0.282. The maximum atomic E-state index is 14.1. The lowest BCUT2D eigenvalue weighted by atomic mass is 10.0. The number of rotatable bonds is 5. The van der Waals surface area contributed by atoms with Crippen LogP contribution in [0.4, 0.5) is 8.78 Å². The van der Waals surface area contributed by atoms with E-state index in [1.54, 1.807) is 26.0 Å². The minimum absolute atomic E-state index is 0. The summed E-state index contributed by atoms with van der Waals surface area (Å²) >= 11 is 0. The summed E-state index contributed by atoms with van der Waals surface area (Å²) in [6.07, 6.45) is 0.516. The lowest BCUT2D eigenvalue weighted by Gasteiger charge is -2.27. The van der Waals surface area contributed by atoms with Gasteiger partial charge in [0.25, 0.3) is 0 Å². The number of sulfone groups is 1. The Labute approximate surface area is 170 Å². The van der Waals surface area contributed by atoms with Crippen molar-refractivity contribution in [3.63, 3.8) is 0 Å². The Balaban J connectivity index is 0.00000338. The van der Waals surface area contributed by atoms with Crippen molar-refractivity contribution in [1.29, 1.82) is 0 Å². The summed E-state index contributed by atoms with van der Waals surface area (Å²) in [5.41, 5.74) is -0.0149. The van der Waals surface area contributed by atoms with Gasteiger partial charge in [-0.2, -0.15) is 0 Å². The topological polar surface area (TPSA) is 73.8 Å². The van der Waals surface area contributed by atoms with Crippen LogP contribution in [0.25, 0.3) is 0 Å². The molecule has 10 heteroatoms. The predicted molar refractivity (Wildman–Crippen MR) is 110 cm³/mol. The molecule has 1 aliphatic rings. The Morgan fingerprint density at radius 3 is 2.42 bits per heavy atom. The summed E-state index contributed by atoms with van der Waals surface area (Å²) in [6.45, 7) is 0.212. The van der Waals surface area contributed by atoms with Crippen molar-refractivity contribution in [2.45, 2.75) is 18.5 Å². The zero-order valence-electron chi connectivity index (χ0n) is 15.0. The highest BCUT2D eigenvalue weighted by atomic mass is 127. The highest BCUT2D eigenvalue weighted by Gasteiger charge is 2.29. The summed E-state index contributed by atoms with van der Waals surface area (Å²) in [5, 5.41) is 6.08. The van der Waals surface area contributed by atoms with Gasteiger partial charge in [-0.3, -0.25) is 4.99 Å². The monoisotopic (exact) mass is 502 g/mol. The van der Waals surface area contributed by atoms with Gasteiger partial charge in [0.05, 0.1) is 17.5 Å². The second kappa shape index (κ2) is 9.79. The predicted octanol–water partition coefficient (Wildman–Crippen LogP) is 1.54. The van der Waals surface area contributed by atoms with Crippen LogP contribution < -0.4 is 10.6 Å². The van der Waals surface area contributed by atoms with Gasteiger partial charge in [-0.05, 0) is 32.6 Å². The molecule has 1 aromatic rings. The summed E-state index contributed by atoms with van der Waals surface area (Å²) < 4.78 is 51.2. The van der Waals surface area contributed by atoms with Crippen LogP contribution in [0, 0.1) is 11.6 Å². The second-order valence-corrected chi connectivity index (χ2v) is 8.54. The molecule has 2 atom stereocenters. The Morgan fingerprint density at radius 1 is 1.35 bits per heavy atom. The molecule has 0 aliphatic carbocycles.